The van der Waals surface area contributed by atoms with Gasteiger partial charge in [-0.2, -0.15) is 0 Å². The molecular formula is C13H24N2O3S2. The van der Waals surface area contributed by atoms with E-state index in [0.29, 0.717) is 24.0 Å². The molecule has 0 amide bonds. The maximum absolute atomic E-state index is 11.6. The highest BCUT2D eigenvalue weighted by molar-refractivity contribution is 7.80. The molecule has 1 aliphatic rings. The summed E-state index contributed by atoms with van der Waals surface area (Å²) >= 11 is 9.04. The molecule has 1 unspecified atom stereocenters. The van der Waals surface area contributed by atoms with Crippen LogP contribution in [0.15, 0.2) is 0 Å². The maximum atomic E-state index is 11.6. The van der Waals surface area contributed by atoms with E-state index in [2.05, 4.69) is 18.0 Å². The van der Waals surface area contributed by atoms with Crippen LogP contribution >= 0.6 is 24.4 Å². The number of rotatable bonds is 4. The summed E-state index contributed by atoms with van der Waals surface area (Å²) in [4.78, 5) is 13.6. The Hall–Kier alpha value is -0.950. The Labute approximate surface area is 131 Å². The van der Waals surface area contributed by atoms with E-state index in [1.807, 2.05) is 18.7 Å². The van der Waals surface area contributed by atoms with E-state index in [9.17, 15) is 4.79 Å². The number of nitrogens with two attached hydrogens (primary N) is 1. The summed E-state index contributed by atoms with van der Waals surface area (Å²) in [6, 6.07) is 0. The van der Waals surface area contributed by atoms with Crippen molar-refractivity contribution in [2.45, 2.75) is 39.5 Å². The van der Waals surface area contributed by atoms with Crippen LogP contribution in [0.3, 0.4) is 0 Å². The molecule has 0 bridgehead atoms. The largest absolute Gasteiger partial charge is 0.487 e. The number of carbonyl (C=O) groups is 1. The second-order valence-electron chi connectivity index (χ2n) is 4.50. The summed E-state index contributed by atoms with van der Waals surface area (Å²) in [5.41, 5.74) is 4.40. The molecule has 0 heterocycles. The van der Waals surface area contributed by atoms with Crippen molar-refractivity contribution in [2.24, 2.45) is 11.7 Å². The number of hydrogen-bond acceptors (Lipinski definition) is 4. The zero-order valence-electron chi connectivity index (χ0n) is 12.1. The van der Waals surface area contributed by atoms with Crippen molar-refractivity contribution in [3.8, 4) is 0 Å². The third-order valence-corrected chi connectivity index (χ3v) is 3.49. The summed E-state index contributed by atoms with van der Waals surface area (Å²) in [6.45, 7) is 6.27. The highest BCUT2D eigenvalue weighted by Crippen LogP contribution is 2.20. The van der Waals surface area contributed by atoms with Gasteiger partial charge in [-0.05, 0) is 51.1 Å². The average Bonchev–Trinajstić information content (AvgIpc) is 2.38. The highest BCUT2D eigenvalue weighted by atomic mass is 32.1. The predicted molar refractivity (Wildman–Crippen MR) is 87.9 cm³/mol. The molecular weight excluding hydrogens is 296 g/mol. The van der Waals surface area contributed by atoms with E-state index >= 15 is 0 Å². The molecule has 1 fully saturated rings. The molecule has 0 aromatic rings. The average molecular weight is 320 g/mol. The van der Waals surface area contributed by atoms with Gasteiger partial charge in [0.05, 0.1) is 5.92 Å². The molecule has 3 N–H and O–H groups in total. The molecule has 7 heteroatoms. The number of Topliss-reactive ketones (excluding diaryl/α,β-unsaturated/α-hetero) is 1. The minimum atomic E-state index is -0.500. The Morgan fingerprint density at radius 3 is 2.40 bits per heavy atom. The molecule has 1 atom stereocenters. The molecule has 0 spiro atoms. The molecule has 0 aromatic heterocycles. The van der Waals surface area contributed by atoms with E-state index in [4.69, 9.17) is 22.1 Å². The number of carbonyl (C=O) groups excluding carboxylic acids is 1. The van der Waals surface area contributed by atoms with Crippen molar-refractivity contribution in [2.75, 3.05) is 19.7 Å². The first-order valence-electron chi connectivity index (χ1n) is 6.85. The number of ether oxygens (including phenoxy) is 1. The fraction of sp³-hybridized carbons (Fsp3) is 0.769. The van der Waals surface area contributed by atoms with Gasteiger partial charge >= 0.3 is 0 Å². The van der Waals surface area contributed by atoms with E-state index in [-0.39, 0.29) is 5.92 Å². The molecule has 116 valence electrons. The fourth-order valence-electron chi connectivity index (χ4n) is 1.98. The molecule has 1 saturated carbocycles. The van der Waals surface area contributed by atoms with Crippen LogP contribution in [-0.4, -0.2) is 45.8 Å². The molecule has 0 aliphatic heterocycles. The van der Waals surface area contributed by atoms with Crippen molar-refractivity contribution in [3.63, 3.8) is 0 Å². The van der Waals surface area contributed by atoms with E-state index in [1.165, 1.54) is 0 Å². The minimum Gasteiger partial charge on any atom is -0.487 e. The molecule has 1 aliphatic carbocycles. The van der Waals surface area contributed by atoms with E-state index in [0.717, 1.165) is 32.4 Å². The van der Waals surface area contributed by atoms with Gasteiger partial charge in [-0.3, -0.25) is 4.79 Å². The standard InChI is InChI=1S/C12H21NO2S.CH3NOS/c1-3-13(4-2)12(16)15-9-10-7-5-6-8-11(10)14;2-1(3)4/h10H,3-9H2,1-2H3;(H3,2,3,4). The maximum Gasteiger partial charge on any atom is 0.259 e. The molecule has 5 nitrogen and oxygen atoms in total. The lowest BCUT2D eigenvalue weighted by molar-refractivity contribution is -0.125. The van der Waals surface area contributed by atoms with Crippen LogP contribution < -0.4 is 5.73 Å². The lowest BCUT2D eigenvalue weighted by Gasteiger charge is -2.25. The first-order chi connectivity index (χ1) is 9.42. The normalized spacial score (nSPS) is 17.7. The van der Waals surface area contributed by atoms with Crippen LogP contribution in [0.4, 0.5) is 0 Å². The van der Waals surface area contributed by atoms with Crippen molar-refractivity contribution in [1.82, 2.24) is 4.90 Å². The molecule has 20 heavy (non-hydrogen) atoms. The third-order valence-electron chi connectivity index (χ3n) is 3.11. The van der Waals surface area contributed by atoms with E-state index in [1.54, 1.807) is 0 Å². The van der Waals surface area contributed by atoms with Crippen LogP contribution in [0.25, 0.3) is 0 Å². The highest BCUT2D eigenvalue weighted by Gasteiger charge is 2.23. The number of thiocarbonyl (C=S) groups is 2. The molecule has 0 saturated heterocycles. The monoisotopic (exact) mass is 320 g/mol. The molecule has 0 aromatic carbocycles. The van der Waals surface area contributed by atoms with Gasteiger partial charge in [0.1, 0.15) is 12.4 Å². The second-order valence-corrected chi connectivity index (χ2v) is 5.26. The van der Waals surface area contributed by atoms with Gasteiger partial charge in [-0.1, -0.05) is 6.42 Å². The quantitative estimate of drug-likeness (QED) is 0.769. The Kier molecular flexibility index (Phi) is 10.3. The molecule has 0 radical (unpaired) electrons. The van der Waals surface area contributed by atoms with Gasteiger partial charge in [0.15, 0.2) is 0 Å². The Balaban J connectivity index is 0.000000796. The summed E-state index contributed by atoms with van der Waals surface area (Å²) in [7, 11) is 0. The first kappa shape index (κ1) is 19.1. The zero-order chi connectivity index (χ0) is 15.5. The second kappa shape index (κ2) is 10.8. The summed E-state index contributed by atoms with van der Waals surface area (Å²) in [5, 5.41) is 7.60. The SMILES string of the molecule is CCN(CC)C(=S)OCC1CCCCC1=O.NC(O)=S. The third kappa shape index (κ3) is 8.27. The Morgan fingerprint density at radius 1 is 1.40 bits per heavy atom. The van der Waals surface area contributed by atoms with Crippen molar-refractivity contribution >= 4 is 40.6 Å². The minimum absolute atomic E-state index is 0.0715. The Bertz CT molecular complexity index is 330. The van der Waals surface area contributed by atoms with Crippen molar-refractivity contribution in [3.05, 3.63) is 0 Å². The number of ketones is 1. The summed E-state index contributed by atoms with van der Waals surface area (Å²) < 4.78 is 5.53. The van der Waals surface area contributed by atoms with Crippen LogP contribution in [0.2, 0.25) is 0 Å². The molecule has 1 rings (SSSR count). The fourth-order valence-corrected chi connectivity index (χ4v) is 2.30. The van der Waals surface area contributed by atoms with E-state index < -0.39 is 5.17 Å². The van der Waals surface area contributed by atoms with Gasteiger partial charge in [0.25, 0.3) is 10.3 Å². The van der Waals surface area contributed by atoms with Gasteiger partial charge in [-0.15, -0.1) is 0 Å². The lowest BCUT2D eigenvalue weighted by Crippen LogP contribution is -2.33. The van der Waals surface area contributed by atoms with Crippen molar-refractivity contribution < 1.29 is 14.6 Å². The zero-order valence-corrected chi connectivity index (χ0v) is 13.8. The van der Waals surface area contributed by atoms with Crippen LogP contribution in [0, 0.1) is 5.92 Å². The summed E-state index contributed by atoms with van der Waals surface area (Å²) in [5.74, 6) is 0.413. The van der Waals surface area contributed by atoms with Crippen LogP contribution in [-0.2, 0) is 9.53 Å². The van der Waals surface area contributed by atoms with Crippen LogP contribution in [0.5, 0.6) is 0 Å². The summed E-state index contributed by atoms with van der Waals surface area (Å²) in [6.07, 6.45) is 3.85. The number of aliphatic hydroxyl groups is 1. The first-order valence-corrected chi connectivity index (χ1v) is 7.66. The van der Waals surface area contributed by atoms with Gasteiger partial charge < -0.3 is 20.5 Å². The number of nitrogens with zero attached hydrogens (tertiary/aromatic N) is 1. The Morgan fingerprint density at radius 2 is 1.95 bits per heavy atom. The van der Waals surface area contributed by atoms with Gasteiger partial charge in [0, 0.05) is 19.5 Å². The van der Waals surface area contributed by atoms with Crippen LogP contribution in [0.1, 0.15) is 39.5 Å². The smallest absolute Gasteiger partial charge is 0.259 e. The number of hydrogen-bond donors (Lipinski definition) is 2. The number of aliphatic hydroxyl groups excluding tert-OH is 1. The van der Waals surface area contributed by atoms with Crippen molar-refractivity contribution in [1.29, 1.82) is 0 Å². The topological polar surface area (TPSA) is 75.8 Å². The lowest BCUT2D eigenvalue weighted by atomic mass is 9.89. The van der Waals surface area contributed by atoms with Gasteiger partial charge in [0.2, 0.25) is 0 Å². The predicted octanol–water partition coefficient (Wildman–Crippen LogP) is 2.18. The van der Waals surface area contributed by atoms with Gasteiger partial charge in [-0.25, -0.2) is 0 Å².